The second-order valence-corrected chi connectivity index (χ2v) is 5.63. The quantitative estimate of drug-likeness (QED) is 0.720. The molecule has 1 aromatic rings. The molecule has 1 aromatic carbocycles. The molecule has 17 heavy (non-hydrogen) atoms. The summed E-state index contributed by atoms with van der Waals surface area (Å²) in [5, 5.41) is 1.01. The fraction of sp³-hybridized carbons (Fsp3) is 0.571. The second kappa shape index (κ2) is 7.12. The van der Waals surface area contributed by atoms with Crippen LogP contribution in [-0.2, 0) is 6.54 Å². The Morgan fingerprint density at radius 3 is 2.59 bits per heavy atom. The van der Waals surface area contributed by atoms with E-state index in [-0.39, 0.29) is 5.82 Å². The van der Waals surface area contributed by atoms with Gasteiger partial charge in [-0.3, -0.25) is 0 Å². The number of nitrogens with zero attached hydrogens (tertiary/aromatic N) is 1. The van der Waals surface area contributed by atoms with E-state index < -0.39 is 0 Å². The van der Waals surface area contributed by atoms with Crippen LogP contribution in [0.15, 0.2) is 24.3 Å². The van der Waals surface area contributed by atoms with Crippen LogP contribution < -0.4 is 0 Å². The van der Waals surface area contributed by atoms with Gasteiger partial charge in [-0.2, -0.15) is 0 Å². The molecule has 0 saturated heterocycles. The summed E-state index contributed by atoms with van der Waals surface area (Å²) in [7, 11) is 2.09. The summed E-state index contributed by atoms with van der Waals surface area (Å²) >= 11 is 3.56. The van der Waals surface area contributed by atoms with Crippen LogP contribution in [0.4, 0.5) is 4.39 Å². The van der Waals surface area contributed by atoms with E-state index >= 15 is 0 Å². The van der Waals surface area contributed by atoms with Crippen LogP contribution in [0.2, 0.25) is 0 Å². The van der Waals surface area contributed by atoms with Crippen molar-refractivity contribution in [2.24, 2.45) is 11.8 Å². The third-order valence-corrected chi connectivity index (χ3v) is 3.86. The number of halogens is 2. The van der Waals surface area contributed by atoms with E-state index in [9.17, 15) is 4.39 Å². The van der Waals surface area contributed by atoms with Crippen molar-refractivity contribution in [1.29, 1.82) is 0 Å². The van der Waals surface area contributed by atoms with Gasteiger partial charge in [-0.15, -0.1) is 0 Å². The highest BCUT2D eigenvalue weighted by molar-refractivity contribution is 9.09. The lowest BCUT2D eigenvalue weighted by molar-refractivity contribution is 0.247. The predicted octanol–water partition coefficient (Wildman–Crippen LogP) is 3.92. The molecule has 96 valence electrons. The van der Waals surface area contributed by atoms with E-state index in [1.807, 2.05) is 6.07 Å². The van der Waals surface area contributed by atoms with Gasteiger partial charge in [0.1, 0.15) is 5.82 Å². The van der Waals surface area contributed by atoms with E-state index in [2.05, 4.69) is 41.7 Å². The molecule has 0 heterocycles. The lowest BCUT2D eigenvalue weighted by Gasteiger charge is -2.25. The molecule has 0 amide bonds. The Balaban J connectivity index is 2.51. The largest absolute Gasteiger partial charge is 0.302 e. The van der Waals surface area contributed by atoms with Gasteiger partial charge in [-0.05, 0) is 36.6 Å². The number of hydrogen-bond donors (Lipinski definition) is 0. The highest BCUT2D eigenvalue weighted by atomic mass is 79.9. The van der Waals surface area contributed by atoms with Crippen molar-refractivity contribution in [3.8, 4) is 0 Å². The fourth-order valence-electron chi connectivity index (χ4n) is 1.85. The minimum absolute atomic E-state index is 0.156. The number of hydrogen-bond acceptors (Lipinski definition) is 1. The molecule has 0 radical (unpaired) electrons. The van der Waals surface area contributed by atoms with E-state index in [4.69, 9.17) is 0 Å². The maximum absolute atomic E-state index is 13.0. The first-order valence-electron chi connectivity index (χ1n) is 6.02. The number of alkyl halides is 1. The molecule has 1 nitrogen and oxygen atoms in total. The summed E-state index contributed by atoms with van der Waals surface area (Å²) in [6.45, 7) is 6.30. The van der Waals surface area contributed by atoms with Gasteiger partial charge in [0.2, 0.25) is 0 Å². The van der Waals surface area contributed by atoms with Crippen LogP contribution in [0, 0.1) is 17.7 Å². The van der Waals surface area contributed by atoms with E-state index in [1.54, 1.807) is 12.1 Å². The van der Waals surface area contributed by atoms with Crippen molar-refractivity contribution in [3.63, 3.8) is 0 Å². The average Bonchev–Trinajstić information content (AvgIpc) is 2.25. The topological polar surface area (TPSA) is 3.24 Å². The Kier molecular flexibility index (Phi) is 6.14. The molecule has 0 bridgehead atoms. The molecule has 1 unspecified atom stereocenters. The molecular weight excluding hydrogens is 281 g/mol. The molecule has 3 heteroatoms. The zero-order valence-corrected chi connectivity index (χ0v) is 12.4. The fourth-order valence-corrected chi connectivity index (χ4v) is 2.80. The first kappa shape index (κ1) is 14.7. The Bertz CT molecular complexity index is 341. The van der Waals surface area contributed by atoms with Crippen LogP contribution in [0.25, 0.3) is 0 Å². The molecule has 0 aliphatic rings. The summed E-state index contributed by atoms with van der Waals surface area (Å²) in [5.41, 5.74) is 1.03. The average molecular weight is 302 g/mol. The lowest BCUT2D eigenvalue weighted by atomic mass is 9.97. The van der Waals surface area contributed by atoms with Gasteiger partial charge in [0, 0.05) is 18.4 Å². The van der Waals surface area contributed by atoms with Crippen LogP contribution in [-0.4, -0.2) is 23.8 Å². The summed E-state index contributed by atoms with van der Waals surface area (Å²) < 4.78 is 13.0. The summed E-state index contributed by atoms with van der Waals surface area (Å²) in [6, 6.07) is 6.83. The van der Waals surface area contributed by atoms with Crippen molar-refractivity contribution < 1.29 is 4.39 Å². The Morgan fingerprint density at radius 1 is 1.35 bits per heavy atom. The maximum Gasteiger partial charge on any atom is 0.123 e. The van der Waals surface area contributed by atoms with Crippen LogP contribution in [0.5, 0.6) is 0 Å². The van der Waals surface area contributed by atoms with Crippen LogP contribution in [0.1, 0.15) is 19.4 Å². The molecule has 0 aliphatic heterocycles. The minimum Gasteiger partial charge on any atom is -0.302 e. The highest BCUT2D eigenvalue weighted by Gasteiger charge is 2.14. The highest BCUT2D eigenvalue weighted by Crippen LogP contribution is 2.16. The van der Waals surface area contributed by atoms with Crippen molar-refractivity contribution in [2.75, 3.05) is 18.9 Å². The Morgan fingerprint density at radius 2 is 2.06 bits per heavy atom. The molecular formula is C14H21BrFN. The van der Waals surface area contributed by atoms with Gasteiger partial charge in [0.25, 0.3) is 0 Å². The summed E-state index contributed by atoms with van der Waals surface area (Å²) in [6.07, 6.45) is 0. The Hall–Kier alpha value is -0.410. The number of benzene rings is 1. The van der Waals surface area contributed by atoms with Gasteiger partial charge in [-0.1, -0.05) is 41.9 Å². The monoisotopic (exact) mass is 301 g/mol. The van der Waals surface area contributed by atoms with Gasteiger partial charge in [0.05, 0.1) is 0 Å². The predicted molar refractivity (Wildman–Crippen MR) is 74.9 cm³/mol. The standard InChI is InChI=1S/C14H21BrFN/c1-11(2)13(8-15)10-17(3)9-12-5-4-6-14(16)7-12/h4-7,11,13H,8-10H2,1-3H3. The van der Waals surface area contributed by atoms with Gasteiger partial charge in [-0.25, -0.2) is 4.39 Å². The smallest absolute Gasteiger partial charge is 0.123 e. The first-order valence-corrected chi connectivity index (χ1v) is 7.14. The van der Waals surface area contributed by atoms with E-state index in [1.165, 1.54) is 6.07 Å². The van der Waals surface area contributed by atoms with Crippen molar-refractivity contribution in [2.45, 2.75) is 20.4 Å². The first-order chi connectivity index (χ1) is 8.02. The van der Waals surface area contributed by atoms with Crippen molar-refractivity contribution >= 4 is 15.9 Å². The SMILES string of the molecule is CC(C)C(CBr)CN(C)Cc1cccc(F)c1. The summed E-state index contributed by atoms with van der Waals surface area (Å²) in [5.74, 6) is 1.13. The second-order valence-electron chi connectivity index (χ2n) is 4.99. The lowest BCUT2D eigenvalue weighted by Crippen LogP contribution is -2.29. The third kappa shape index (κ3) is 5.17. The van der Waals surface area contributed by atoms with Crippen molar-refractivity contribution in [3.05, 3.63) is 35.6 Å². The zero-order chi connectivity index (χ0) is 12.8. The van der Waals surface area contributed by atoms with Crippen LogP contribution in [0.3, 0.4) is 0 Å². The molecule has 0 N–H and O–H groups in total. The normalized spacial score (nSPS) is 13.4. The molecule has 0 fully saturated rings. The molecule has 0 aromatic heterocycles. The van der Waals surface area contributed by atoms with Gasteiger partial charge in [0.15, 0.2) is 0 Å². The third-order valence-electron chi connectivity index (χ3n) is 3.03. The van der Waals surface area contributed by atoms with E-state index in [0.29, 0.717) is 11.8 Å². The molecule has 1 rings (SSSR count). The van der Waals surface area contributed by atoms with Crippen molar-refractivity contribution in [1.82, 2.24) is 4.90 Å². The molecule has 0 spiro atoms. The molecule has 0 saturated carbocycles. The molecule has 1 atom stereocenters. The van der Waals surface area contributed by atoms with Gasteiger partial charge >= 0.3 is 0 Å². The minimum atomic E-state index is -0.156. The Labute approximate surface area is 112 Å². The maximum atomic E-state index is 13.0. The van der Waals surface area contributed by atoms with Crippen LogP contribution >= 0.6 is 15.9 Å². The summed E-state index contributed by atoms with van der Waals surface area (Å²) in [4.78, 5) is 2.25. The molecule has 0 aliphatic carbocycles. The van der Waals surface area contributed by atoms with E-state index in [0.717, 1.165) is 24.0 Å². The van der Waals surface area contributed by atoms with Gasteiger partial charge < -0.3 is 4.90 Å². The number of rotatable bonds is 6. The zero-order valence-electron chi connectivity index (χ0n) is 10.8.